The van der Waals surface area contributed by atoms with Crippen LogP contribution < -0.4 is 0 Å². The van der Waals surface area contributed by atoms with Gasteiger partial charge in [-0.25, -0.2) is 8.42 Å². The Morgan fingerprint density at radius 3 is 2.17 bits per heavy atom. The zero-order valence-corrected chi connectivity index (χ0v) is 7.28. The molecule has 1 rings (SSSR count). The molecule has 70 valence electrons. The largest absolute Gasteiger partial charge is 0.481 e. The van der Waals surface area contributed by atoms with Crippen molar-refractivity contribution in [2.45, 2.75) is 18.3 Å². The number of rotatable bonds is 1. The molecule has 0 bridgehead atoms. The van der Waals surface area contributed by atoms with Gasteiger partial charge in [-0.15, -0.1) is 0 Å². The third kappa shape index (κ3) is 1.32. The SMILES string of the molecule is CC1C(O)C(C(=O)O)CS1(=O)=O. The van der Waals surface area contributed by atoms with Crippen LogP contribution in [-0.2, 0) is 14.6 Å². The zero-order valence-electron chi connectivity index (χ0n) is 6.47. The molecule has 0 amide bonds. The predicted molar refractivity (Wildman–Crippen MR) is 40.4 cm³/mol. The second kappa shape index (κ2) is 2.70. The van der Waals surface area contributed by atoms with E-state index in [1.807, 2.05) is 0 Å². The molecule has 0 radical (unpaired) electrons. The number of hydrogen-bond donors (Lipinski definition) is 2. The molecule has 0 saturated carbocycles. The lowest BCUT2D eigenvalue weighted by Gasteiger charge is -2.09. The van der Waals surface area contributed by atoms with Crippen molar-refractivity contribution < 1.29 is 23.4 Å². The lowest BCUT2D eigenvalue weighted by atomic mass is 10.0. The van der Waals surface area contributed by atoms with Crippen LogP contribution in [0, 0.1) is 5.92 Å². The molecule has 2 N–H and O–H groups in total. The minimum absolute atomic E-state index is 0.454. The van der Waals surface area contributed by atoms with Crippen molar-refractivity contribution >= 4 is 15.8 Å². The maximum absolute atomic E-state index is 11.1. The number of carboxylic acid groups (broad SMARTS) is 1. The standard InChI is InChI=1S/C6H10O5S/c1-3-5(7)4(6(8)9)2-12(3,10)11/h3-5,7H,2H2,1H3,(H,8,9). The number of aliphatic carboxylic acids is 1. The summed E-state index contributed by atoms with van der Waals surface area (Å²) in [4.78, 5) is 10.4. The smallest absolute Gasteiger partial charge is 0.310 e. The summed E-state index contributed by atoms with van der Waals surface area (Å²) in [5.74, 6) is -2.87. The molecule has 1 heterocycles. The van der Waals surface area contributed by atoms with E-state index in [0.717, 1.165) is 0 Å². The minimum Gasteiger partial charge on any atom is -0.481 e. The van der Waals surface area contributed by atoms with E-state index in [1.54, 1.807) is 0 Å². The molecule has 5 nitrogen and oxygen atoms in total. The summed E-state index contributed by atoms with van der Waals surface area (Å²) in [6.07, 6.45) is -1.27. The van der Waals surface area contributed by atoms with Crippen molar-refractivity contribution in [2.24, 2.45) is 5.92 Å². The number of aliphatic hydroxyl groups excluding tert-OH is 1. The van der Waals surface area contributed by atoms with E-state index in [1.165, 1.54) is 6.92 Å². The van der Waals surface area contributed by atoms with Gasteiger partial charge >= 0.3 is 5.97 Å². The Morgan fingerprint density at radius 1 is 1.50 bits per heavy atom. The van der Waals surface area contributed by atoms with Gasteiger partial charge in [0.15, 0.2) is 9.84 Å². The molecule has 0 spiro atoms. The van der Waals surface area contributed by atoms with Crippen LogP contribution in [-0.4, -0.2) is 41.7 Å². The van der Waals surface area contributed by atoms with E-state index in [2.05, 4.69) is 0 Å². The van der Waals surface area contributed by atoms with Gasteiger partial charge in [-0.1, -0.05) is 0 Å². The Kier molecular flexibility index (Phi) is 2.13. The molecule has 12 heavy (non-hydrogen) atoms. The summed E-state index contributed by atoms with van der Waals surface area (Å²) in [7, 11) is -3.40. The van der Waals surface area contributed by atoms with E-state index in [4.69, 9.17) is 5.11 Å². The van der Waals surface area contributed by atoms with Crippen LogP contribution >= 0.6 is 0 Å². The van der Waals surface area contributed by atoms with Crippen LogP contribution in [0.1, 0.15) is 6.92 Å². The summed E-state index contributed by atoms with van der Waals surface area (Å²) < 4.78 is 22.1. The van der Waals surface area contributed by atoms with Gasteiger partial charge in [-0.05, 0) is 6.92 Å². The first-order valence-corrected chi connectivity index (χ1v) is 5.20. The Bertz CT molecular complexity index is 293. The van der Waals surface area contributed by atoms with Crippen LogP contribution in [0.2, 0.25) is 0 Å². The maximum atomic E-state index is 11.1. The normalized spacial score (nSPS) is 39.7. The van der Waals surface area contributed by atoms with E-state index < -0.39 is 38.8 Å². The second-order valence-corrected chi connectivity index (χ2v) is 5.37. The van der Waals surface area contributed by atoms with Crippen LogP contribution in [0.15, 0.2) is 0 Å². The molecule has 0 aromatic heterocycles. The molecule has 1 aliphatic rings. The van der Waals surface area contributed by atoms with Crippen molar-refractivity contribution in [1.82, 2.24) is 0 Å². The third-order valence-electron chi connectivity index (χ3n) is 2.19. The van der Waals surface area contributed by atoms with Crippen molar-refractivity contribution in [3.63, 3.8) is 0 Å². The first-order chi connectivity index (χ1) is 5.36. The molecule has 1 aliphatic heterocycles. The zero-order chi connectivity index (χ0) is 9.52. The summed E-state index contributed by atoms with van der Waals surface area (Å²) in [5, 5.41) is 16.8. The molecular formula is C6H10O5S. The molecule has 1 fully saturated rings. The summed E-state index contributed by atoms with van der Waals surface area (Å²) >= 11 is 0. The van der Waals surface area contributed by atoms with Crippen LogP contribution in [0.5, 0.6) is 0 Å². The average Bonchev–Trinajstić information content (AvgIpc) is 2.14. The minimum atomic E-state index is -3.40. The van der Waals surface area contributed by atoms with Crippen LogP contribution in [0.25, 0.3) is 0 Å². The van der Waals surface area contributed by atoms with Gasteiger partial charge in [0, 0.05) is 0 Å². The molecule has 0 aromatic rings. The summed E-state index contributed by atoms with van der Waals surface area (Å²) in [5.41, 5.74) is 0. The second-order valence-electron chi connectivity index (χ2n) is 2.97. The average molecular weight is 194 g/mol. The molecular weight excluding hydrogens is 184 g/mol. The van der Waals surface area contributed by atoms with Crippen LogP contribution in [0.3, 0.4) is 0 Å². The maximum Gasteiger partial charge on any atom is 0.310 e. The monoisotopic (exact) mass is 194 g/mol. The highest BCUT2D eigenvalue weighted by atomic mass is 32.2. The number of sulfone groups is 1. The fraction of sp³-hybridized carbons (Fsp3) is 0.833. The van der Waals surface area contributed by atoms with Gasteiger partial charge in [0.05, 0.1) is 23.0 Å². The summed E-state index contributed by atoms with van der Waals surface area (Å²) in [6, 6.07) is 0. The topological polar surface area (TPSA) is 91.7 Å². The van der Waals surface area contributed by atoms with E-state index in [9.17, 15) is 18.3 Å². The fourth-order valence-electron chi connectivity index (χ4n) is 1.26. The van der Waals surface area contributed by atoms with Crippen molar-refractivity contribution in [3.05, 3.63) is 0 Å². The Balaban J connectivity index is 2.96. The van der Waals surface area contributed by atoms with E-state index >= 15 is 0 Å². The highest BCUT2D eigenvalue weighted by Crippen LogP contribution is 2.26. The Labute approximate surface area is 69.9 Å². The number of carbonyl (C=O) groups is 1. The number of aliphatic hydroxyl groups is 1. The van der Waals surface area contributed by atoms with Gasteiger partial charge in [0.25, 0.3) is 0 Å². The quantitative estimate of drug-likeness (QED) is 0.550. The van der Waals surface area contributed by atoms with Gasteiger partial charge in [-0.2, -0.15) is 0 Å². The highest BCUT2D eigenvalue weighted by molar-refractivity contribution is 7.92. The first kappa shape index (κ1) is 9.47. The fourth-order valence-corrected chi connectivity index (χ4v) is 3.02. The van der Waals surface area contributed by atoms with Gasteiger partial charge in [-0.3, -0.25) is 4.79 Å². The van der Waals surface area contributed by atoms with E-state index in [0.29, 0.717) is 0 Å². The molecule has 3 atom stereocenters. The molecule has 1 saturated heterocycles. The third-order valence-corrected chi connectivity index (χ3v) is 4.42. The van der Waals surface area contributed by atoms with Gasteiger partial charge in [0.2, 0.25) is 0 Å². The predicted octanol–water partition coefficient (Wildman–Crippen LogP) is -1.14. The summed E-state index contributed by atoms with van der Waals surface area (Å²) in [6.45, 7) is 1.32. The Morgan fingerprint density at radius 2 is 2.00 bits per heavy atom. The molecule has 0 aromatic carbocycles. The lowest BCUT2D eigenvalue weighted by molar-refractivity contribution is -0.144. The van der Waals surface area contributed by atoms with Crippen molar-refractivity contribution in [2.75, 3.05) is 5.75 Å². The van der Waals surface area contributed by atoms with Crippen molar-refractivity contribution in [1.29, 1.82) is 0 Å². The number of carboxylic acids is 1. The number of hydrogen-bond acceptors (Lipinski definition) is 4. The molecule has 6 heteroatoms. The first-order valence-electron chi connectivity index (χ1n) is 3.48. The van der Waals surface area contributed by atoms with Gasteiger partial charge in [0.1, 0.15) is 0 Å². The lowest BCUT2D eigenvalue weighted by Crippen LogP contribution is -2.30. The molecule has 0 aliphatic carbocycles. The van der Waals surface area contributed by atoms with Crippen molar-refractivity contribution in [3.8, 4) is 0 Å². The molecule has 3 unspecified atom stereocenters. The van der Waals surface area contributed by atoms with Gasteiger partial charge < -0.3 is 10.2 Å². The van der Waals surface area contributed by atoms with E-state index in [-0.39, 0.29) is 0 Å². The highest BCUT2D eigenvalue weighted by Gasteiger charge is 2.47. The van der Waals surface area contributed by atoms with Crippen LogP contribution in [0.4, 0.5) is 0 Å². The Hall–Kier alpha value is -0.620.